The summed E-state index contributed by atoms with van der Waals surface area (Å²) < 4.78 is 0. The number of nitrogens with one attached hydrogen (secondary N) is 2. The van der Waals surface area contributed by atoms with Crippen LogP contribution in [0.1, 0.15) is 44.0 Å². The Bertz CT molecular complexity index is 712. The minimum absolute atomic E-state index is 0.00188. The molecule has 2 N–H and O–H groups in total. The standard InChI is InChI=1S/C20H28N4O2S/c1-4-24(5-2)12-10-15(3)14-18(25)22-17-8-6-16(7-9-17)19(26)23-20-21-11-13-27-20/h6-9,11,13,15H,4-5,10,12,14H2,1-3H3,(H,22,25)(H,21,23,26). The zero-order chi connectivity index (χ0) is 19.6. The second kappa shape index (κ2) is 10.8. The lowest BCUT2D eigenvalue weighted by Gasteiger charge is -2.20. The van der Waals surface area contributed by atoms with Gasteiger partial charge in [0.1, 0.15) is 0 Å². The van der Waals surface area contributed by atoms with Crippen LogP contribution in [0.2, 0.25) is 0 Å². The molecule has 1 aromatic carbocycles. The van der Waals surface area contributed by atoms with Gasteiger partial charge in [-0.1, -0.05) is 20.8 Å². The van der Waals surface area contributed by atoms with E-state index in [1.54, 1.807) is 35.8 Å². The number of nitrogens with zero attached hydrogens (tertiary/aromatic N) is 2. The van der Waals surface area contributed by atoms with Crippen molar-refractivity contribution >= 4 is 34.0 Å². The van der Waals surface area contributed by atoms with Crippen LogP contribution >= 0.6 is 11.3 Å². The summed E-state index contributed by atoms with van der Waals surface area (Å²) in [5.74, 6) is 0.115. The predicted octanol–water partition coefficient (Wildman–Crippen LogP) is 4.09. The average molecular weight is 389 g/mol. The Morgan fingerprint density at radius 1 is 1.15 bits per heavy atom. The molecule has 0 aliphatic heterocycles. The van der Waals surface area contributed by atoms with Crippen molar-refractivity contribution in [3.63, 3.8) is 0 Å². The van der Waals surface area contributed by atoms with Gasteiger partial charge in [-0.15, -0.1) is 11.3 Å². The Kier molecular flexibility index (Phi) is 8.42. The molecular weight excluding hydrogens is 360 g/mol. The molecule has 2 amide bonds. The van der Waals surface area contributed by atoms with E-state index in [0.717, 1.165) is 26.1 Å². The van der Waals surface area contributed by atoms with Gasteiger partial charge in [-0.3, -0.25) is 14.9 Å². The molecular formula is C20H28N4O2S. The first-order valence-electron chi connectivity index (χ1n) is 9.34. The molecule has 0 spiro atoms. The number of hydrogen-bond donors (Lipinski definition) is 2. The summed E-state index contributed by atoms with van der Waals surface area (Å²) in [6.45, 7) is 9.51. The van der Waals surface area contributed by atoms with E-state index in [2.05, 4.69) is 41.3 Å². The van der Waals surface area contributed by atoms with Gasteiger partial charge in [0.2, 0.25) is 5.91 Å². The fourth-order valence-electron chi connectivity index (χ4n) is 2.73. The molecule has 0 bridgehead atoms. The first kappa shape index (κ1) is 21.1. The molecule has 1 heterocycles. The van der Waals surface area contributed by atoms with Crippen molar-refractivity contribution in [2.24, 2.45) is 5.92 Å². The molecule has 2 aromatic rings. The maximum atomic E-state index is 12.2. The zero-order valence-electron chi connectivity index (χ0n) is 16.2. The number of amides is 2. The number of carbonyl (C=O) groups excluding carboxylic acids is 2. The van der Waals surface area contributed by atoms with Crippen LogP contribution in [-0.2, 0) is 4.79 Å². The van der Waals surface area contributed by atoms with Gasteiger partial charge in [0.25, 0.3) is 5.91 Å². The molecule has 0 radical (unpaired) electrons. The fraction of sp³-hybridized carbons (Fsp3) is 0.450. The van der Waals surface area contributed by atoms with Crippen molar-refractivity contribution in [3.8, 4) is 0 Å². The van der Waals surface area contributed by atoms with E-state index in [9.17, 15) is 9.59 Å². The summed E-state index contributed by atoms with van der Waals surface area (Å²) in [4.78, 5) is 30.8. The maximum absolute atomic E-state index is 12.2. The number of benzene rings is 1. The third-order valence-electron chi connectivity index (χ3n) is 4.45. The van der Waals surface area contributed by atoms with Crippen LogP contribution in [0.3, 0.4) is 0 Å². The van der Waals surface area contributed by atoms with E-state index in [1.165, 1.54) is 11.3 Å². The first-order chi connectivity index (χ1) is 13.0. The number of anilines is 2. The quantitative estimate of drug-likeness (QED) is 0.643. The SMILES string of the molecule is CCN(CC)CCC(C)CC(=O)Nc1ccc(C(=O)Nc2nccs2)cc1. The molecule has 27 heavy (non-hydrogen) atoms. The van der Waals surface area contributed by atoms with Crippen LogP contribution in [0.15, 0.2) is 35.8 Å². The highest BCUT2D eigenvalue weighted by Crippen LogP contribution is 2.16. The molecule has 0 saturated heterocycles. The van der Waals surface area contributed by atoms with E-state index in [1.807, 2.05) is 0 Å². The molecule has 0 saturated carbocycles. The minimum Gasteiger partial charge on any atom is -0.326 e. The highest BCUT2D eigenvalue weighted by atomic mass is 32.1. The normalized spacial score (nSPS) is 12.0. The monoisotopic (exact) mass is 388 g/mol. The Balaban J connectivity index is 1.79. The topological polar surface area (TPSA) is 74.3 Å². The number of carbonyl (C=O) groups is 2. The van der Waals surface area contributed by atoms with E-state index in [-0.39, 0.29) is 11.8 Å². The number of hydrogen-bond acceptors (Lipinski definition) is 5. The fourth-order valence-corrected chi connectivity index (χ4v) is 3.26. The summed E-state index contributed by atoms with van der Waals surface area (Å²) in [6, 6.07) is 6.88. The Morgan fingerprint density at radius 3 is 2.44 bits per heavy atom. The lowest BCUT2D eigenvalue weighted by Crippen LogP contribution is -2.26. The summed E-state index contributed by atoms with van der Waals surface area (Å²) in [7, 11) is 0. The summed E-state index contributed by atoms with van der Waals surface area (Å²) in [5, 5.41) is 8.01. The number of rotatable bonds is 10. The molecule has 0 fully saturated rings. The summed E-state index contributed by atoms with van der Waals surface area (Å²) in [5.41, 5.74) is 1.22. The van der Waals surface area contributed by atoms with E-state index < -0.39 is 0 Å². The van der Waals surface area contributed by atoms with Gasteiger partial charge < -0.3 is 10.2 Å². The van der Waals surface area contributed by atoms with Crippen molar-refractivity contribution in [2.45, 2.75) is 33.6 Å². The molecule has 6 nitrogen and oxygen atoms in total. The molecule has 7 heteroatoms. The number of thiazole rings is 1. The lowest BCUT2D eigenvalue weighted by atomic mass is 10.0. The van der Waals surface area contributed by atoms with Crippen LogP contribution in [0, 0.1) is 5.92 Å². The van der Waals surface area contributed by atoms with Gasteiger partial charge in [-0.25, -0.2) is 4.98 Å². The van der Waals surface area contributed by atoms with E-state index in [4.69, 9.17) is 0 Å². The molecule has 0 aliphatic rings. The molecule has 0 aliphatic carbocycles. The molecule has 2 rings (SSSR count). The number of aromatic nitrogens is 1. The molecule has 1 aromatic heterocycles. The largest absolute Gasteiger partial charge is 0.326 e. The van der Waals surface area contributed by atoms with Crippen molar-refractivity contribution in [3.05, 3.63) is 41.4 Å². The van der Waals surface area contributed by atoms with Gasteiger partial charge in [-0.2, -0.15) is 0 Å². The van der Waals surface area contributed by atoms with Gasteiger partial charge in [0, 0.05) is 29.2 Å². The Morgan fingerprint density at radius 2 is 1.85 bits per heavy atom. The second-order valence-electron chi connectivity index (χ2n) is 6.54. The second-order valence-corrected chi connectivity index (χ2v) is 7.44. The molecule has 1 atom stereocenters. The molecule has 146 valence electrons. The zero-order valence-corrected chi connectivity index (χ0v) is 17.0. The van der Waals surface area contributed by atoms with Crippen molar-refractivity contribution in [1.82, 2.24) is 9.88 Å². The van der Waals surface area contributed by atoms with Crippen molar-refractivity contribution < 1.29 is 9.59 Å². The maximum Gasteiger partial charge on any atom is 0.257 e. The minimum atomic E-state index is -0.215. The summed E-state index contributed by atoms with van der Waals surface area (Å²) >= 11 is 1.37. The third kappa shape index (κ3) is 7.11. The van der Waals surface area contributed by atoms with Gasteiger partial charge in [0.05, 0.1) is 0 Å². The van der Waals surface area contributed by atoms with Crippen molar-refractivity contribution in [1.29, 1.82) is 0 Å². The highest BCUT2D eigenvalue weighted by molar-refractivity contribution is 7.13. The molecule has 1 unspecified atom stereocenters. The van der Waals surface area contributed by atoms with Gasteiger partial charge in [0.15, 0.2) is 5.13 Å². The van der Waals surface area contributed by atoms with E-state index in [0.29, 0.717) is 28.7 Å². The van der Waals surface area contributed by atoms with Crippen LogP contribution in [0.4, 0.5) is 10.8 Å². The predicted molar refractivity (Wildman–Crippen MR) is 111 cm³/mol. The van der Waals surface area contributed by atoms with E-state index >= 15 is 0 Å². The van der Waals surface area contributed by atoms with Gasteiger partial charge in [-0.05, 0) is 56.2 Å². The average Bonchev–Trinajstić information content (AvgIpc) is 3.16. The van der Waals surface area contributed by atoms with Crippen LogP contribution in [-0.4, -0.2) is 41.3 Å². The first-order valence-corrected chi connectivity index (χ1v) is 10.2. The third-order valence-corrected chi connectivity index (χ3v) is 5.14. The van der Waals surface area contributed by atoms with Crippen LogP contribution in [0.5, 0.6) is 0 Å². The van der Waals surface area contributed by atoms with Crippen LogP contribution in [0.25, 0.3) is 0 Å². The smallest absolute Gasteiger partial charge is 0.257 e. The summed E-state index contributed by atoms with van der Waals surface area (Å²) in [6.07, 6.45) is 3.14. The van der Waals surface area contributed by atoms with Crippen molar-refractivity contribution in [2.75, 3.05) is 30.3 Å². The Labute approximate surface area is 165 Å². The van der Waals surface area contributed by atoms with Crippen LogP contribution < -0.4 is 10.6 Å². The van der Waals surface area contributed by atoms with Gasteiger partial charge >= 0.3 is 0 Å². The lowest BCUT2D eigenvalue weighted by molar-refractivity contribution is -0.117. The highest BCUT2D eigenvalue weighted by Gasteiger charge is 2.12. The Hall–Kier alpha value is -2.25.